The Morgan fingerprint density at radius 1 is 1.24 bits per heavy atom. The quantitative estimate of drug-likeness (QED) is 0.497. The van der Waals surface area contributed by atoms with Crippen LogP contribution in [0.3, 0.4) is 0 Å². The molecule has 0 bridgehead atoms. The monoisotopic (exact) mass is 254 g/mol. The van der Waals surface area contributed by atoms with Gasteiger partial charge in [-0.1, -0.05) is 0 Å². The number of nitrogens with two attached hydrogens (primary N) is 1. The minimum Gasteiger partial charge on any atom is -0.399 e. The summed E-state index contributed by atoms with van der Waals surface area (Å²) in [7, 11) is 0. The van der Waals surface area contributed by atoms with Crippen molar-refractivity contribution in [1.29, 1.82) is 0 Å². The maximum atomic E-state index is 13.1. The fraction of sp³-hybridized carbons (Fsp3) is 0.538. The lowest BCUT2D eigenvalue weighted by atomic mass is 10.3. The summed E-state index contributed by atoms with van der Waals surface area (Å²) in [5.74, 6) is 0.784. The van der Waals surface area contributed by atoms with Crippen molar-refractivity contribution in [3.63, 3.8) is 0 Å². The Bertz CT molecular complexity index is 344. The predicted molar refractivity (Wildman–Crippen MR) is 71.8 cm³/mol. The third kappa shape index (κ3) is 4.21. The van der Waals surface area contributed by atoms with Gasteiger partial charge in [0.25, 0.3) is 0 Å². The molecule has 1 saturated heterocycles. The number of hydrogen-bond acceptors (Lipinski definition) is 3. The Morgan fingerprint density at radius 2 is 2.00 bits per heavy atom. The fourth-order valence-corrected chi connectivity index (χ4v) is 3.08. The van der Waals surface area contributed by atoms with E-state index in [1.807, 2.05) is 6.07 Å². The summed E-state index contributed by atoms with van der Waals surface area (Å²) in [6.45, 7) is 3.66. The highest BCUT2D eigenvalue weighted by molar-refractivity contribution is 7.99. The molecule has 0 unspecified atom stereocenters. The largest absolute Gasteiger partial charge is 0.399 e. The van der Waals surface area contributed by atoms with Crippen molar-refractivity contribution in [2.45, 2.75) is 24.2 Å². The van der Waals surface area contributed by atoms with Gasteiger partial charge in [-0.2, -0.15) is 0 Å². The van der Waals surface area contributed by atoms with E-state index in [1.165, 1.54) is 32.0 Å². The van der Waals surface area contributed by atoms with Crippen LogP contribution < -0.4 is 5.73 Å². The highest BCUT2D eigenvalue weighted by Gasteiger charge is 2.10. The van der Waals surface area contributed by atoms with Crippen molar-refractivity contribution in [3.8, 4) is 0 Å². The smallest absolute Gasteiger partial charge is 0.126 e. The molecule has 2 nitrogen and oxygen atoms in total. The van der Waals surface area contributed by atoms with Gasteiger partial charge < -0.3 is 10.6 Å². The van der Waals surface area contributed by atoms with Gasteiger partial charge in [0.1, 0.15) is 5.82 Å². The Hall–Kier alpha value is -0.740. The van der Waals surface area contributed by atoms with Crippen molar-refractivity contribution < 1.29 is 4.39 Å². The molecule has 1 aliphatic rings. The minimum atomic E-state index is -0.243. The van der Waals surface area contributed by atoms with E-state index < -0.39 is 0 Å². The SMILES string of the molecule is Nc1cc(F)cc(SCCCN2CCCC2)c1. The van der Waals surface area contributed by atoms with Gasteiger partial charge in [-0.15, -0.1) is 11.8 Å². The van der Waals surface area contributed by atoms with Crippen LogP contribution in [0.2, 0.25) is 0 Å². The first-order chi connectivity index (χ1) is 8.24. The van der Waals surface area contributed by atoms with Crippen molar-refractivity contribution in [2.24, 2.45) is 0 Å². The molecular formula is C13H19FN2S. The maximum Gasteiger partial charge on any atom is 0.126 e. The fourth-order valence-electron chi connectivity index (χ4n) is 2.15. The van der Waals surface area contributed by atoms with Crippen molar-refractivity contribution in [1.82, 2.24) is 4.90 Å². The molecule has 0 atom stereocenters. The third-order valence-corrected chi connectivity index (χ3v) is 4.04. The number of thioether (sulfide) groups is 1. The molecule has 1 fully saturated rings. The molecule has 0 amide bonds. The molecule has 2 N–H and O–H groups in total. The first-order valence-electron chi connectivity index (χ1n) is 6.15. The van der Waals surface area contributed by atoms with E-state index in [4.69, 9.17) is 5.73 Å². The molecule has 1 aliphatic heterocycles. The molecule has 0 saturated carbocycles. The summed E-state index contributed by atoms with van der Waals surface area (Å²) in [5.41, 5.74) is 6.11. The number of halogens is 1. The van der Waals surface area contributed by atoms with Gasteiger partial charge in [0.05, 0.1) is 0 Å². The van der Waals surface area contributed by atoms with Crippen LogP contribution in [0.1, 0.15) is 19.3 Å². The van der Waals surface area contributed by atoms with Crippen LogP contribution in [0.5, 0.6) is 0 Å². The third-order valence-electron chi connectivity index (χ3n) is 2.98. The summed E-state index contributed by atoms with van der Waals surface area (Å²) in [6, 6.07) is 4.74. The number of likely N-dealkylation sites (tertiary alicyclic amines) is 1. The van der Waals surface area contributed by atoms with Crippen LogP contribution in [-0.4, -0.2) is 30.3 Å². The number of hydrogen-bond donors (Lipinski definition) is 1. The van der Waals surface area contributed by atoms with E-state index in [-0.39, 0.29) is 5.82 Å². The lowest BCUT2D eigenvalue weighted by Gasteiger charge is -2.13. The van der Waals surface area contributed by atoms with Gasteiger partial charge in [-0.3, -0.25) is 0 Å². The molecule has 1 aromatic carbocycles. The van der Waals surface area contributed by atoms with E-state index in [9.17, 15) is 4.39 Å². The van der Waals surface area contributed by atoms with Crippen LogP contribution in [0.15, 0.2) is 23.1 Å². The molecule has 0 radical (unpaired) electrons. The Kier molecular flexibility index (Phi) is 4.68. The van der Waals surface area contributed by atoms with Crippen molar-refractivity contribution >= 4 is 17.4 Å². The summed E-state index contributed by atoms with van der Waals surface area (Å²) >= 11 is 1.69. The Labute approximate surface area is 106 Å². The maximum absolute atomic E-state index is 13.1. The first-order valence-corrected chi connectivity index (χ1v) is 7.14. The van der Waals surface area contributed by atoms with Gasteiger partial charge in [-0.25, -0.2) is 4.39 Å². The standard InChI is InChI=1S/C13H19FN2S/c14-11-8-12(15)10-13(9-11)17-7-3-6-16-4-1-2-5-16/h8-10H,1-7,15H2. The Morgan fingerprint density at radius 3 is 2.71 bits per heavy atom. The van der Waals surface area contributed by atoms with Crippen LogP contribution in [0.4, 0.5) is 10.1 Å². The van der Waals surface area contributed by atoms with Gasteiger partial charge in [0.15, 0.2) is 0 Å². The van der Waals surface area contributed by atoms with E-state index in [1.54, 1.807) is 17.8 Å². The number of nitrogens with zero attached hydrogens (tertiary/aromatic N) is 1. The van der Waals surface area contributed by atoms with Crippen LogP contribution in [0, 0.1) is 5.82 Å². The lowest BCUT2D eigenvalue weighted by molar-refractivity contribution is 0.341. The normalized spacial score (nSPS) is 16.5. The second kappa shape index (κ2) is 6.26. The molecule has 94 valence electrons. The van der Waals surface area contributed by atoms with E-state index in [0.29, 0.717) is 5.69 Å². The predicted octanol–water partition coefficient (Wildman–Crippen LogP) is 2.99. The zero-order chi connectivity index (χ0) is 12.1. The molecule has 1 heterocycles. The van der Waals surface area contributed by atoms with Crippen LogP contribution in [0.25, 0.3) is 0 Å². The Balaban J connectivity index is 1.70. The topological polar surface area (TPSA) is 29.3 Å². The molecule has 0 aliphatic carbocycles. The number of anilines is 1. The molecular weight excluding hydrogens is 235 g/mol. The van der Waals surface area contributed by atoms with Crippen molar-refractivity contribution in [3.05, 3.63) is 24.0 Å². The highest BCUT2D eigenvalue weighted by Crippen LogP contribution is 2.23. The average molecular weight is 254 g/mol. The summed E-state index contributed by atoms with van der Waals surface area (Å²) in [5, 5.41) is 0. The van der Waals surface area contributed by atoms with Crippen LogP contribution >= 0.6 is 11.8 Å². The molecule has 17 heavy (non-hydrogen) atoms. The molecule has 4 heteroatoms. The molecule has 1 aromatic rings. The van der Waals surface area contributed by atoms with Gasteiger partial charge in [0.2, 0.25) is 0 Å². The van der Waals surface area contributed by atoms with E-state index >= 15 is 0 Å². The lowest BCUT2D eigenvalue weighted by Crippen LogP contribution is -2.20. The van der Waals surface area contributed by atoms with Gasteiger partial charge in [-0.05, 0) is 62.8 Å². The average Bonchev–Trinajstić information content (AvgIpc) is 2.76. The molecule has 0 spiro atoms. The second-order valence-electron chi connectivity index (χ2n) is 4.47. The summed E-state index contributed by atoms with van der Waals surface area (Å²) < 4.78 is 13.1. The molecule has 2 rings (SSSR count). The molecule has 0 aromatic heterocycles. The van der Waals surface area contributed by atoms with Crippen molar-refractivity contribution in [2.75, 3.05) is 31.1 Å². The number of nitrogen functional groups attached to an aromatic ring is 1. The number of benzene rings is 1. The zero-order valence-corrected chi connectivity index (χ0v) is 10.8. The summed E-state index contributed by atoms with van der Waals surface area (Å²) in [6.07, 6.45) is 3.84. The first kappa shape index (κ1) is 12.7. The van der Waals surface area contributed by atoms with Crippen LogP contribution in [-0.2, 0) is 0 Å². The van der Waals surface area contributed by atoms with E-state index in [2.05, 4.69) is 4.90 Å². The highest BCUT2D eigenvalue weighted by atomic mass is 32.2. The minimum absolute atomic E-state index is 0.243. The van der Waals surface area contributed by atoms with Gasteiger partial charge >= 0.3 is 0 Å². The summed E-state index contributed by atoms with van der Waals surface area (Å²) in [4.78, 5) is 3.43. The zero-order valence-electron chi connectivity index (χ0n) is 9.99. The van der Waals surface area contributed by atoms with Gasteiger partial charge in [0, 0.05) is 10.6 Å². The second-order valence-corrected chi connectivity index (χ2v) is 5.64. The number of rotatable bonds is 5. The van der Waals surface area contributed by atoms with E-state index in [0.717, 1.165) is 23.6 Å².